The maximum Gasteiger partial charge on any atom is 0.266 e. The third kappa shape index (κ3) is 3.01. The first kappa shape index (κ1) is 16.5. The Hall–Kier alpha value is -2.35. The lowest BCUT2D eigenvalue weighted by molar-refractivity contribution is 0.102. The molecule has 3 rings (SSSR count). The number of rotatable bonds is 4. The van der Waals surface area contributed by atoms with Gasteiger partial charge in [0.2, 0.25) is 0 Å². The van der Waals surface area contributed by atoms with E-state index in [9.17, 15) is 18.0 Å². The van der Waals surface area contributed by atoms with Gasteiger partial charge in [-0.25, -0.2) is 13.2 Å². The molecule has 0 saturated carbocycles. The van der Waals surface area contributed by atoms with Crippen LogP contribution in [-0.4, -0.2) is 28.9 Å². The Morgan fingerprint density at radius 2 is 2.25 bits per heavy atom. The van der Waals surface area contributed by atoms with E-state index < -0.39 is 29.3 Å². The van der Waals surface area contributed by atoms with Crippen LogP contribution in [0.2, 0.25) is 0 Å². The molecule has 1 aliphatic heterocycles. The number of ether oxygens (including phenoxy) is 1. The number of hydrogen-bond acceptors (Lipinski definition) is 3. The van der Waals surface area contributed by atoms with Gasteiger partial charge in [0.15, 0.2) is 0 Å². The Kier molecular flexibility index (Phi) is 4.57. The summed E-state index contributed by atoms with van der Waals surface area (Å²) in [6, 6.07) is 3.45. The van der Waals surface area contributed by atoms with Crippen LogP contribution < -0.4 is 5.32 Å². The monoisotopic (exact) mass is 339 g/mol. The average Bonchev–Trinajstić information content (AvgIpc) is 3.18. The molecule has 0 aliphatic carbocycles. The summed E-state index contributed by atoms with van der Waals surface area (Å²) in [5.74, 6) is -2.00. The van der Waals surface area contributed by atoms with Crippen LogP contribution in [0.25, 0.3) is 0 Å². The molecule has 0 bridgehead atoms. The zero-order chi connectivity index (χ0) is 17.3. The molecule has 5 nitrogen and oxygen atoms in total. The molecular formula is C16H16F3N3O2. The maximum absolute atomic E-state index is 14.0. The first-order valence-corrected chi connectivity index (χ1v) is 7.48. The van der Waals surface area contributed by atoms with Gasteiger partial charge < -0.3 is 10.1 Å². The Labute approximate surface area is 136 Å². The van der Waals surface area contributed by atoms with Gasteiger partial charge in [0.1, 0.15) is 5.82 Å². The Balaban J connectivity index is 1.82. The third-order valence-electron chi connectivity index (χ3n) is 4.05. The van der Waals surface area contributed by atoms with Gasteiger partial charge in [-0.15, -0.1) is 0 Å². The number of anilines is 1. The van der Waals surface area contributed by atoms with Crippen molar-refractivity contribution in [3.63, 3.8) is 0 Å². The molecular weight excluding hydrogens is 323 g/mol. The van der Waals surface area contributed by atoms with Crippen LogP contribution >= 0.6 is 0 Å². The van der Waals surface area contributed by atoms with Crippen LogP contribution in [0.15, 0.2) is 24.4 Å². The zero-order valence-corrected chi connectivity index (χ0v) is 12.9. The van der Waals surface area contributed by atoms with E-state index in [1.165, 1.54) is 18.3 Å². The van der Waals surface area contributed by atoms with Crippen molar-refractivity contribution in [1.82, 2.24) is 9.78 Å². The smallest absolute Gasteiger partial charge is 0.266 e. The molecule has 1 aromatic carbocycles. The highest BCUT2D eigenvalue weighted by molar-refractivity contribution is 6.04. The molecule has 24 heavy (non-hydrogen) atoms. The number of hydrogen-bond donors (Lipinski definition) is 1. The predicted molar refractivity (Wildman–Crippen MR) is 80.7 cm³/mol. The summed E-state index contributed by atoms with van der Waals surface area (Å²) in [5.41, 5.74) is -0.111. The van der Waals surface area contributed by atoms with Crippen LogP contribution in [0.3, 0.4) is 0 Å². The van der Waals surface area contributed by atoms with E-state index in [1.807, 2.05) is 0 Å². The summed E-state index contributed by atoms with van der Waals surface area (Å²) in [6.07, 6.45) is -0.703. The van der Waals surface area contributed by atoms with Crippen molar-refractivity contribution in [2.45, 2.75) is 25.8 Å². The molecule has 128 valence electrons. The average molecular weight is 339 g/mol. The number of alkyl halides is 2. The molecule has 0 radical (unpaired) electrons. The van der Waals surface area contributed by atoms with E-state index >= 15 is 0 Å². The van der Waals surface area contributed by atoms with Crippen molar-refractivity contribution in [2.75, 3.05) is 18.5 Å². The summed E-state index contributed by atoms with van der Waals surface area (Å²) < 4.78 is 46.6. The number of carbonyl (C=O) groups is 1. The van der Waals surface area contributed by atoms with Crippen molar-refractivity contribution >= 4 is 11.6 Å². The molecule has 2 heterocycles. The molecule has 8 heteroatoms. The normalized spacial score (nSPS) is 17.5. The van der Waals surface area contributed by atoms with Crippen LogP contribution in [0.5, 0.6) is 0 Å². The van der Waals surface area contributed by atoms with Crippen LogP contribution in [0.4, 0.5) is 18.9 Å². The first-order valence-electron chi connectivity index (χ1n) is 7.48. The second kappa shape index (κ2) is 6.64. The second-order valence-corrected chi connectivity index (χ2v) is 5.57. The van der Waals surface area contributed by atoms with Gasteiger partial charge >= 0.3 is 0 Å². The molecule has 1 aromatic heterocycles. The van der Waals surface area contributed by atoms with E-state index in [1.54, 1.807) is 11.6 Å². The van der Waals surface area contributed by atoms with Crippen LogP contribution in [0.1, 0.15) is 40.5 Å². The minimum absolute atomic E-state index is 0.0922. The Morgan fingerprint density at radius 3 is 2.92 bits per heavy atom. The highest BCUT2D eigenvalue weighted by Gasteiger charge is 2.23. The topological polar surface area (TPSA) is 56.2 Å². The second-order valence-electron chi connectivity index (χ2n) is 5.57. The Bertz CT molecular complexity index is 755. The SMILES string of the molecule is Cc1c(NC(=O)c2cccc(C(F)F)c2F)cnn1[C@H]1CCOC1. The standard InChI is InChI=1S/C16H16F3N3O2/c1-9-13(7-20-22(9)10-5-6-24-8-10)21-16(23)12-4-2-3-11(14(12)17)15(18)19/h2-4,7,10,15H,5-6,8H2,1H3,(H,21,23)/t10-/m0/s1. The molecule has 0 spiro atoms. The van der Waals surface area contributed by atoms with Crippen molar-refractivity contribution < 1.29 is 22.7 Å². The van der Waals surface area contributed by atoms with Gasteiger partial charge in [-0.1, -0.05) is 12.1 Å². The predicted octanol–water partition coefficient (Wildman–Crippen LogP) is 3.48. The van der Waals surface area contributed by atoms with Crippen molar-refractivity contribution in [2.24, 2.45) is 0 Å². The van der Waals surface area contributed by atoms with E-state index in [0.29, 0.717) is 24.6 Å². The molecule has 2 aromatic rings. The van der Waals surface area contributed by atoms with Gasteiger partial charge in [0.25, 0.3) is 12.3 Å². The highest BCUT2D eigenvalue weighted by atomic mass is 19.3. The highest BCUT2D eigenvalue weighted by Crippen LogP contribution is 2.26. The number of amides is 1. The fourth-order valence-corrected chi connectivity index (χ4v) is 2.71. The molecule has 1 atom stereocenters. The fourth-order valence-electron chi connectivity index (χ4n) is 2.71. The van der Waals surface area contributed by atoms with E-state index in [-0.39, 0.29) is 6.04 Å². The quantitative estimate of drug-likeness (QED) is 0.928. The first-order chi connectivity index (χ1) is 11.5. The summed E-state index contributed by atoms with van der Waals surface area (Å²) in [4.78, 5) is 12.2. The largest absolute Gasteiger partial charge is 0.379 e. The molecule has 1 saturated heterocycles. The summed E-state index contributed by atoms with van der Waals surface area (Å²) in [7, 11) is 0. The zero-order valence-electron chi connectivity index (χ0n) is 12.9. The summed E-state index contributed by atoms with van der Waals surface area (Å²) in [6.45, 7) is 2.96. The van der Waals surface area contributed by atoms with Gasteiger partial charge in [0.05, 0.1) is 41.4 Å². The van der Waals surface area contributed by atoms with Crippen LogP contribution in [-0.2, 0) is 4.74 Å². The molecule has 0 unspecified atom stereocenters. The lowest BCUT2D eigenvalue weighted by Gasteiger charge is -2.12. The summed E-state index contributed by atoms with van der Waals surface area (Å²) in [5, 5.41) is 6.75. The number of nitrogens with one attached hydrogen (secondary N) is 1. The number of benzene rings is 1. The fraction of sp³-hybridized carbons (Fsp3) is 0.375. The van der Waals surface area contributed by atoms with E-state index in [4.69, 9.17) is 4.74 Å². The van der Waals surface area contributed by atoms with Gasteiger partial charge in [-0.3, -0.25) is 9.48 Å². The number of halogens is 3. The molecule has 1 amide bonds. The van der Waals surface area contributed by atoms with Crippen molar-refractivity contribution in [3.05, 3.63) is 47.0 Å². The summed E-state index contributed by atoms with van der Waals surface area (Å²) >= 11 is 0. The Morgan fingerprint density at radius 1 is 1.46 bits per heavy atom. The van der Waals surface area contributed by atoms with Crippen LogP contribution in [0, 0.1) is 12.7 Å². The van der Waals surface area contributed by atoms with E-state index in [0.717, 1.165) is 12.5 Å². The maximum atomic E-state index is 14.0. The number of carbonyl (C=O) groups excluding carboxylic acids is 1. The third-order valence-corrected chi connectivity index (χ3v) is 4.05. The van der Waals surface area contributed by atoms with Gasteiger partial charge in [-0.2, -0.15) is 5.10 Å². The molecule has 1 N–H and O–H groups in total. The minimum Gasteiger partial charge on any atom is -0.379 e. The lowest BCUT2D eigenvalue weighted by Crippen LogP contribution is -2.16. The van der Waals surface area contributed by atoms with Crippen molar-refractivity contribution in [1.29, 1.82) is 0 Å². The molecule has 1 fully saturated rings. The van der Waals surface area contributed by atoms with Gasteiger partial charge in [-0.05, 0) is 19.4 Å². The number of nitrogens with zero attached hydrogens (tertiary/aromatic N) is 2. The van der Waals surface area contributed by atoms with Crippen molar-refractivity contribution in [3.8, 4) is 0 Å². The van der Waals surface area contributed by atoms with Gasteiger partial charge in [0, 0.05) is 6.61 Å². The van der Waals surface area contributed by atoms with E-state index in [2.05, 4.69) is 10.4 Å². The number of aromatic nitrogens is 2. The lowest BCUT2D eigenvalue weighted by atomic mass is 10.1. The molecule has 1 aliphatic rings. The minimum atomic E-state index is -2.98.